The van der Waals surface area contributed by atoms with Gasteiger partial charge in [-0.3, -0.25) is 9.78 Å². The number of pyridine rings is 1. The molecule has 2 atom stereocenters. The summed E-state index contributed by atoms with van der Waals surface area (Å²) < 4.78 is 29.7. The summed E-state index contributed by atoms with van der Waals surface area (Å²) in [4.78, 5) is 16.0. The first-order valence-corrected chi connectivity index (χ1v) is 12.1. The van der Waals surface area contributed by atoms with Gasteiger partial charge in [-0.25, -0.2) is 8.42 Å². The van der Waals surface area contributed by atoms with Crippen molar-refractivity contribution in [3.05, 3.63) is 108 Å². The molecule has 0 aliphatic heterocycles. The van der Waals surface area contributed by atoms with Crippen LogP contribution in [0.15, 0.2) is 96.2 Å². The van der Waals surface area contributed by atoms with Gasteiger partial charge in [0.1, 0.15) is 0 Å². The average molecular weight is 460 g/mol. The van der Waals surface area contributed by atoms with Gasteiger partial charge in [0.2, 0.25) is 15.9 Å². The summed E-state index contributed by atoms with van der Waals surface area (Å²) in [6, 6.07) is 22.3. The van der Waals surface area contributed by atoms with E-state index in [1.807, 2.05) is 56.3 Å². The summed E-state index contributed by atoms with van der Waals surface area (Å²) in [6.45, 7) is 3.70. The van der Waals surface area contributed by atoms with Crippen molar-refractivity contribution in [1.29, 1.82) is 0 Å². The minimum Gasteiger partial charge on any atom is -0.366 e. The average Bonchev–Trinajstić information content (AvgIpc) is 2.84. The molecule has 6 nitrogen and oxygen atoms in total. The summed E-state index contributed by atoms with van der Waals surface area (Å²) in [6.07, 6.45) is 3.27. The van der Waals surface area contributed by atoms with Crippen molar-refractivity contribution >= 4 is 26.7 Å². The fourth-order valence-electron chi connectivity index (χ4n) is 4.30. The Morgan fingerprint density at radius 3 is 2.21 bits per heavy atom. The van der Waals surface area contributed by atoms with Crippen molar-refractivity contribution < 1.29 is 13.2 Å². The first kappa shape index (κ1) is 22.6. The highest BCUT2D eigenvalue weighted by atomic mass is 32.2. The van der Waals surface area contributed by atoms with Gasteiger partial charge in [-0.15, -0.1) is 0 Å². The van der Waals surface area contributed by atoms with Crippen molar-refractivity contribution in [3.8, 4) is 0 Å². The zero-order valence-corrected chi connectivity index (χ0v) is 19.2. The summed E-state index contributed by atoms with van der Waals surface area (Å²) in [5.74, 6) is -0.788. The van der Waals surface area contributed by atoms with E-state index in [4.69, 9.17) is 5.73 Å². The molecule has 4 aromatic rings. The van der Waals surface area contributed by atoms with E-state index in [0.717, 1.165) is 21.9 Å². The highest BCUT2D eigenvalue weighted by Gasteiger charge is 2.37. The number of carbonyl (C=O) groups is 1. The minimum absolute atomic E-state index is 0.0328. The van der Waals surface area contributed by atoms with Gasteiger partial charge in [0.15, 0.2) is 0 Å². The van der Waals surface area contributed by atoms with Gasteiger partial charge in [-0.2, -0.15) is 4.31 Å². The van der Waals surface area contributed by atoms with Crippen molar-refractivity contribution in [2.24, 2.45) is 5.73 Å². The molecule has 1 amide bonds. The van der Waals surface area contributed by atoms with Crippen molar-refractivity contribution in [2.45, 2.75) is 30.8 Å². The molecule has 0 unspecified atom stereocenters. The molecule has 0 aliphatic carbocycles. The van der Waals surface area contributed by atoms with Gasteiger partial charge in [0.05, 0.1) is 10.5 Å². The fourth-order valence-corrected chi connectivity index (χ4v) is 6.29. The molecular formula is C26H25N3O3S. The van der Waals surface area contributed by atoms with Crippen LogP contribution < -0.4 is 5.73 Å². The number of benzene rings is 3. The molecule has 3 aromatic carbocycles. The molecule has 0 saturated carbocycles. The number of nitrogens with two attached hydrogens (primary N) is 1. The predicted molar refractivity (Wildman–Crippen MR) is 129 cm³/mol. The van der Waals surface area contributed by atoms with Gasteiger partial charge in [-0.05, 0) is 60.0 Å². The van der Waals surface area contributed by atoms with E-state index in [-0.39, 0.29) is 10.5 Å². The number of amides is 1. The topological polar surface area (TPSA) is 93.4 Å². The van der Waals surface area contributed by atoms with Gasteiger partial charge < -0.3 is 5.73 Å². The van der Waals surface area contributed by atoms with E-state index in [0.29, 0.717) is 0 Å². The zero-order valence-electron chi connectivity index (χ0n) is 18.4. The van der Waals surface area contributed by atoms with E-state index >= 15 is 0 Å². The number of rotatable bonds is 7. The Balaban J connectivity index is 1.94. The minimum atomic E-state index is -4.13. The van der Waals surface area contributed by atoms with Crippen LogP contribution >= 0.6 is 0 Å². The number of hydrogen-bond acceptors (Lipinski definition) is 4. The highest BCUT2D eigenvalue weighted by molar-refractivity contribution is 7.89. The van der Waals surface area contributed by atoms with E-state index in [1.165, 1.54) is 16.4 Å². The van der Waals surface area contributed by atoms with E-state index in [2.05, 4.69) is 4.98 Å². The number of primary amides is 1. The van der Waals surface area contributed by atoms with Crippen molar-refractivity contribution in [3.63, 3.8) is 0 Å². The van der Waals surface area contributed by atoms with Crippen LogP contribution in [0.3, 0.4) is 0 Å². The molecule has 0 bridgehead atoms. The monoisotopic (exact) mass is 459 g/mol. The van der Waals surface area contributed by atoms with Crippen LogP contribution in [0, 0.1) is 0 Å². The Kier molecular flexibility index (Phi) is 6.26. The molecule has 1 aromatic heterocycles. The second-order valence-corrected chi connectivity index (χ2v) is 9.71. The molecule has 2 N–H and O–H groups in total. The molecule has 4 rings (SSSR count). The normalized spacial score (nSPS) is 13.7. The smallest absolute Gasteiger partial charge is 0.250 e. The van der Waals surface area contributed by atoms with Gasteiger partial charge in [0, 0.05) is 24.5 Å². The highest BCUT2D eigenvalue weighted by Crippen LogP contribution is 2.39. The maximum atomic E-state index is 14.1. The Hall–Kier alpha value is -3.55. The quantitative estimate of drug-likeness (QED) is 0.428. The molecule has 33 heavy (non-hydrogen) atoms. The van der Waals surface area contributed by atoms with E-state index < -0.39 is 28.0 Å². The molecule has 0 saturated heterocycles. The number of aromatic nitrogens is 1. The number of sulfonamides is 1. The van der Waals surface area contributed by atoms with Crippen LogP contribution in [-0.4, -0.2) is 23.6 Å². The molecule has 168 valence electrons. The van der Waals surface area contributed by atoms with Crippen LogP contribution in [0.2, 0.25) is 0 Å². The third-order valence-electron chi connectivity index (χ3n) is 5.93. The fraction of sp³-hybridized carbons (Fsp3) is 0.154. The predicted octanol–water partition coefficient (Wildman–Crippen LogP) is 4.85. The lowest BCUT2D eigenvalue weighted by molar-refractivity contribution is 0.0996. The third kappa shape index (κ3) is 4.25. The number of nitrogens with zero attached hydrogens (tertiary/aromatic N) is 2. The Morgan fingerprint density at radius 1 is 0.848 bits per heavy atom. The molecular weight excluding hydrogens is 434 g/mol. The summed E-state index contributed by atoms with van der Waals surface area (Å²) in [5, 5.41) is 1.99. The second kappa shape index (κ2) is 9.13. The van der Waals surface area contributed by atoms with Crippen LogP contribution in [0.5, 0.6) is 0 Å². The van der Waals surface area contributed by atoms with Gasteiger partial charge >= 0.3 is 0 Å². The van der Waals surface area contributed by atoms with Crippen molar-refractivity contribution in [1.82, 2.24) is 9.29 Å². The first-order valence-electron chi connectivity index (χ1n) is 10.6. The maximum Gasteiger partial charge on any atom is 0.250 e. The van der Waals surface area contributed by atoms with Gasteiger partial charge in [-0.1, -0.05) is 54.6 Å². The van der Waals surface area contributed by atoms with Crippen molar-refractivity contribution in [2.75, 3.05) is 0 Å². The molecule has 7 heteroatoms. The summed E-state index contributed by atoms with van der Waals surface area (Å²) >= 11 is 0. The lowest BCUT2D eigenvalue weighted by Crippen LogP contribution is -2.37. The van der Waals surface area contributed by atoms with E-state index in [9.17, 15) is 13.2 Å². The van der Waals surface area contributed by atoms with Crippen LogP contribution in [-0.2, 0) is 10.0 Å². The molecule has 0 aliphatic rings. The summed E-state index contributed by atoms with van der Waals surface area (Å²) in [5.41, 5.74) is 7.16. The lowest BCUT2D eigenvalue weighted by atomic mass is 9.98. The molecule has 0 fully saturated rings. The number of carbonyl (C=O) groups excluding carboxylic acids is 1. The molecule has 0 radical (unpaired) electrons. The largest absolute Gasteiger partial charge is 0.366 e. The lowest BCUT2D eigenvalue weighted by Gasteiger charge is -2.35. The zero-order chi connectivity index (χ0) is 23.6. The Morgan fingerprint density at radius 2 is 1.48 bits per heavy atom. The molecule has 0 spiro atoms. The van der Waals surface area contributed by atoms with E-state index in [1.54, 1.807) is 36.7 Å². The molecule has 1 heterocycles. The standard InChI is InChI=1S/C26H25N3O3S/c1-18(20-14-16-28-17-15-20)29(33(31,32)25-13-6-5-11-24(25)26(27)30)19(2)22-12-7-9-21-8-3-4-10-23(21)22/h3-19H,1-2H3,(H2,27,30)/t18-,19-/m1/s1. The SMILES string of the molecule is C[C@H](c1ccncc1)N([C@H](C)c1cccc2ccccc12)S(=O)(=O)c1ccccc1C(N)=O. The second-order valence-electron chi connectivity index (χ2n) is 7.90. The number of fused-ring (bicyclic) bond motifs is 1. The Labute approximate surface area is 193 Å². The summed E-state index contributed by atoms with van der Waals surface area (Å²) in [7, 11) is -4.13. The van der Waals surface area contributed by atoms with Crippen LogP contribution in [0.1, 0.15) is 47.4 Å². The third-order valence-corrected chi connectivity index (χ3v) is 8.03. The number of hydrogen-bond donors (Lipinski definition) is 1. The maximum absolute atomic E-state index is 14.1. The van der Waals surface area contributed by atoms with Crippen LogP contribution in [0.25, 0.3) is 10.8 Å². The van der Waals surface area contributed by atoms with Gasteiger partial charge in [0.25, 0.3) is 0 Å². The Bertz CT molecular complexity index is 1400. The first-order chi connectivity index (χ1) is 15.8. The van der Waals surface area contributed by atoms with Crippen LogP contribution in [0.4, 0.5) is 0 Å².